The van der Waals surface area contributed by atoms with Crippen molar-refractivity contribution in [1.82, 2.24) is 0 Å². The minimum Gasteiger partial charge on any atom is -0.491 e. The first-order chi connectivity index (χ1) is 24.3. The van der Waals surface area contributed by atoms with E-state index in [4.69, 9.17) is 47.4 Å². The summed E-state index contributed by atoms with van der Waals surface area (Å²) in [7, 11) is 0. The van der Waals surface area contributed by atoms with E-state index in [0.29, 0.717) is 130 Å². The van der Waals surface area contributed by atoms with Gasteiger partial charge in [-0.25, -0.2) is 0 Å². The highest BCUT2D eigenvalue weighted by Gasteiger charge is 2.03. The number of unbranched alkanes of at least 4 members (excludes halogenated alkanes) is 8. The van der Waals surface area contributed by atoms with Crippen LogP contribution in [0.3, 0.4) is 0 Å². The molecule has 49 heavy (non-hydrogen) atoms. The molecule has 1 aromatic carbocycles. The third-order valence-corrected chi connectivity index (χ3v) is 7.09. The van der Waals surface area contributed by atoms with Crippen LogP contribution in [0.25, 0.3) is 0 Å². The first-order valence-electron chi connectivity index (χ1n) is 18.2. The first-order valence-corrected chi connectivity index (χ1v) is 18.2. The number of esters is 1. The average Bonchev–Trinajstić information content (AvgIpc) is 3.12. The summed E-state index contributed by atoms with van der Waals surface area (Å²) in [6.45, 7) is 10.6. The van der Waals surface area contributed by atoms with E-state index >= 15 is 0 Å². The predicted octanol–water partition coefficient (Wildman–Crippen LogP) is 5.47. The lowest BCUT2D eigenvalue weighted by molar-refractivity contribution is -0.145. The Morgan fingerprint density at radius 2 is 0.816 bits per heavy atom. The van der Waals surface area contributed by atoms with Crippen molar-refractivity contribution in [3.63, 3.8) is 0 Å². The SMILES string of the molecule is CCCCCCCCCCCC(=O)OCCOCCOCCOCCOCCOCCOCCOCCOCCOc1ccc(C=O)cc1. The van der Waals surface area contributed by atoms with E-state index < -0.39 is 0 Å². The zero-order valence-corrected chi connectivity index (χ0v) is 30.1. The van der Waals surface area contributed by atoms with Crippen LogP contribution in [-0.4, -0.2) is 131 Å². The molecule has 0 heterocycles. The lowest BCUT2D eigenvalue weighted by atomic mass is 10.1. The standard InChI is InChI=1S/C37H64O12/c1-2-3-4-5-6-7-8-9-10-11-37(39)49-33-31-47-29-27-45-25-23-43-21-19-41-17-16-40-18-20-42-22-24-44-26-28-46-30-32-48-36-14-12-35(34-38)13-15-36/h12-15,34H,2-11,16-33H2,1H3. The van der Waals surface area contributed by atoms with E-state index in [9.17, 15) is 9.59 Å². The van der Waals surface area contributed by atoms with Crippen molar-refractivity contribution in [2.24, 2.45) is 0 Å². The predicted molar refractivity (Wildman–Crippen MR) is 187 cm³/mol. The molecule has 12 heteroatoms. The van der Waals surface area contributed by atoms with Crippen LogP contribution in [0.1, 0.15) is 81.5 Å². The van der Waals surface area contributed by atoms with Crippen LogP contribution < -0.4 is 4.74 Å². The minimum atomic E-state index is -0.139. The molecule has 0 saturated carbocycles. The smallest absolute Gasteiger partial charge is 0.305 e. The molecule has 0 N–H and O–H groups in total. The average molecular weight is 701 g/mol. The van der Waals surface area contributed by atoms with Crippen LogP contribution in [0.15, 0.2) is 24.3 Å². The molecule has 0 aliphatic rings. The fraction of sp³-hybridized carbons (Fsp3) is 0.784. The van der Waals surface area contributed by atoms with Gasteiger partial charge in [-0.05, 0) is 30.7 Å². The highest BCUT2D eigenvalue weighted by atomic mass is 16.6. The van der Waals surface area contributed by atoms with Crippen LogP contribution in [0, 0.1) is 0 Å². The van der Waals surface area contributed by atoms with E-state index in [2.05, 4.69) is 6.92 Å². The quantitative estimate of drug-likeness (QED) is 0.0491. The lowest BCUT2D eigenvalue weighted by Gasteiger charge is -2.09. The summed E-state index contributed by atoms with van der Waals surface area (Å²) in [6, 6.07) is 6.93. The summed E-state index contributed by atoms with van der Waals surface area (Å²) in [5.74, 6) is 0.564. The molecule has 0 bridgehead atoms. The number of hydrogen-bond acceptors (Lipinski definition) is 12. The maximum Gasteiger partial charge on any atom is 0.305 e. The Labute approximate surface area is 294 Å². The third kappa shape index (κ3) is 32.8. The Morgan fingerprint density at radius 1 is 0.469 bits per heavy atom. The molecule has 0 radical (unpaired) electrons. The van der Waals surface area contributed by atoms with Crippen LogP contribution in [0.5, 0.6) is 5.75 Å². The largest absolute Gasteiger partial charge is 0.491 e. The Hall–Kier alpha value is -2.16. The van der Waals surface area contributed by atoms with Gasteiger partial charge in [0.25, 0.3) is 0 Å². The molecule has 0 fully saturated rings. The summed E-state index contributed by atoms with van der Waals surface area (Å²) in [6.07, 6.45) is 12.4. The second-order valence-corrected chi connectivity index (χ2v) is 11.2. The second kappa shape index (κ2) is 37.1. The van der Waals surface area contributed by atoms with Gasteiger partial charge in [0.2, 0.25) is 0 Å². The molecule has 0 saturated heterocycles. The van der Waals surface area contributed by atoms with E-state index in [-0.39, 0.29) is 12.6 Å². The van der Waals surface area contributed by atoms with Gasteiger partial charge in [0.1, 0.15) is 25.2 Å². The molecule has 284 valence electrons. The molecule has 0 aromatic heterocycles. The van der Waals surface area contributed by atoms with Gasteiger partial charge in [-0.3, -0.25) is 9.59 Å². The van der Waals surface area contributed by atoms with Crippen molar-refractivity contribution in [1.29, 1.82) is 0 Å². The molecule has 0 unspecified atom stereocenters. The molecule has 0 aliphatic carbocycles. The summed E-state index contributed by atoms with van der Waals surface area (Å²) >= 11 is 0. The van der Waals surface area contributed by atoms with Crippen LogP contribution in [0.4, 0.5) is 0 Å². The highest BCUT2D eigenvalue weighted by Crippen LogP contribution is 2.11. The van der Waals surface area contributed by atoms with Crippen molar-refractivity contribution >= 4 is 12.3 Å². The van der Waals surface area contributed by atoms with Gasteiger partial charge in [0.05, 0.1) is 106 Å². The number of hydrogen-bond donors (Lipinski definition) is 0. The molecule has 0 amide bonds. The van der Waals surface area contributed by atoms with Gasteiger partial charge in [-0.15, -0.1) is 0 Å². The summed E-state index contributed by atoms with van der Waals surface area (Å²) in [5.41, 5.74) is 0.617. The number of carbonyl (C=O) groups is 2. The molecule has 12 nitrogen and oxygen atoms in total. The fourth-order valence-electron chi connectivity index (χ4n) is 4.37. The Kier molecular flexibility index (Phi) is 34.0. The second-order valence-electron chi connectivity index (χ2n) is 11.2. The summed E-state index contributed by atoms with van der Waals surface area (Å²) < 4.78 is 54.5. The maximum atomic E-state index is 11.8. The van der Waals surface area contributed by atoms with Gasteiger partial charge in [-0.2, -0.15) is 0 Å². The van der Waals surface area contributed by atoms with E-state index in [1.165, 1.54) is 44.9 Å². The number of benzene rings is 1. The molecule has 0 aliphatic heterocycles. The number of rotatable bonds is 39. The van der Waals surface area contributed by atoms with Gasteiger partial charge >= 0.3 is 5.97 Å². The molecule has 1 aromatic rings. The first kappa shape index (κ1) is 44.9. The van der Waals surface area contributed by atoms with Crippen molar-refractivity contribution in [2.45, 2.75) is 71.1 Å². The topological polar surface area (TPSA) is 126 Å². The van der Waals surface area contributed by atoms with E-state index in [0.717, 1.165) is 19.1 Å². The van der Waals surface area contributed by atoms with Crippen LogP contribution >= 0.6 is 0 Å². The van der Waals surface area contributed by atoms with Crippen LogP contribution in [-0.2, 0) is 47.4 Å². The maximum absolute atomic E-state index is 11.8. The van der Waals surface area contributed by atoms with E-state index in [1.54, 1.807) is 24.3 Å². The van der Waals surface area contributed by atoms with Gasteiger partial charge in [-0.1, -0.05) is 58.3 Å². The highest BCUT2D eigenvalue weighted by molar-refractivity contribution is 5.74. The zero-order valence-electron chi connectivity index (χ0n) is 30.1. The van der Waals surface area contributed by atoms with Crippen molar-refractivity contribution in [3.8, 4) is 5.75 Å². The number of ether oxygens (including phenoxy) is 10. The van der Waals surface area contributed by atoms with Gasteiger partial charge in [0.15, 0.2) is 0 Å². The monoisotopic (exact) mass is 700 g/mol. The van der Waals surface area contributed by atoms with Crippen molar-refractivity contribution in [2.75, 3.05) is 119 Å². The fourth-order valence-corrected chi connectivity index (χ4v) is 4.37. The Bertz CT molecular complexity index is 839. The lowest BCUT2D eigenvalue weighted by Crippen LogP contribution is -2.15. The zero-order chi connectivity index (χ0) is 35.1. The molecular weight excluding hydrogens is 636 g/mol. The Morgan fingerprint density at radius 3 is 1.20 bits per heavy atom. The third-order valence-electron chi connectivity index (χ3n) is 7.09. The van der Waals surface area contributed by atoms with Gasteiger partial charge < -0.3 is 47.4 Å². The summed E-state index contributed by atoms with van der Waals surface area (Å²) in [5, 5.41) is 0. The van der Waals surface area contributed by atoms with Crippen molar-refractivity contribution in [3.05, 3.63) is 29.8 Å². The molecular formula is C37H64O12. The van der Waals surface area contributed by atoms with Gasteiger partial charge in [0, 0.05) is 12.0 Å². The minimum absolute atomic E-state index is 0.139. The number of aldehydes is 1. The van der Waals surface area contributed by atoms with E-state index in [1.807, 2.05) is 0 Å². The molecule has 0 spiro atoms. The molecule has 0 atom stereocenters. The normalized spacial score (nSPS) is 11.2. The Balaban J connectivity index is 1.66. The van der Waals surface area contributed by atoms with Crippen molar-refractivity contribution < 1.29 is 57.0 Å². The number of carbonyl (C=O) groups excluding carboxylic acids is 2. The van der Waals surface area contributed by atoms with Crippen LogP contribution in [0.2, 0.25) is 0 Å². The summed E-state index contributed by atoms with van der Waals surface area (Å²) in [4.78, 5) is 22.4. The molecule has 1 rings (SSSR count).